The average Bonchev–Trinajstić information content (AvgIpc) is 2.39. The minimum atomic E-state index is -0.724. The van der Waals surface area contributed by atoms with Crippen LogP contribution in [0, 0.1) is 17.2 Å². The smallest absolute Gasteiger partial charge is 0.303 e. The van der Waals surface area contributed by atoms with Crippen LogP contribution in [0.1, 0.15) is 24.8 Å². The molecular weight excluding hydrogens is 308 g/mol. The van der Waals surface area contributed by atoms with Crippen LogP contribution in [0.2, 0.25) is 0 Å². The predicted molar refractivity (Wildman–Crippen MR) is 76.0 cm³/mol. The van der Waals surface area contributed by atoms with Crippen molar-refractivity contribution in [3.63, 3.8) is 0 Å². The number of hydrogen-bond donors (Lipinski definition) is 1. The monoisotopic (exact) mass is 322 g/mol. The summed E-state index contributed by atoms with van der Waals surface area (Å²) in [5.74, 6) is -0.468. The number of aliphatic carboxylic acids is 1. The maximum Gasteiger partial charge on any atom is 0.303 e. The van der Waals surface area contributed by atoms with Gasteiger partial charge in [0.15, 0.2) is 0 Å². The molecule has 0 amide bonds. The van der Waals surface area contributed by atoms with Crippen molar-refractivity contribution in [2.45, 2.75) is 19.3 Å². The third kappa shape index (κ3) is 3.48. The van der Waals surface area contributed by atoms with E-state index in [0.29, 0.717) is 5.56 Å². The second-order valence-electron chi connectivity index (χ2n) is 4.80. The van der Waals surface area contributed by atoms with Crippen molar-refractivity contribution in [2.24, 2.45) is 5.92 Å². The highest BCUT2D eigenvalue weighted by Crippen LogP contribution is 2.29. The maximum atomic E-state index is 10.7. The molecule has 0 radical (unpaired) electrons. The molecule has 0 aliphatic carbocycles. The lowest BCUT2D eigenvalue weighted by molar-refractivity contribution is -0.138. The molecule has 0 aromatic heterocycles. The van der Waals surface area contributed by atoms with E-state index in [1.54, 1.807) is 0 Å². The Morgan fingerprint density at radius 3 is 2.74 bits per heavy atom. The summed E-state index contributed by atoms with van der Waals surface area (Å²) in [6.07, 6.45) is 1.98. The fraction of sp³-hybridized carbons (Fsp3) is 0.429. The van der Waals surface area contributed by atoms with Gasteiger partial charge in [-0.25, -0.2) is 0 Å². The number of carbonyl (C=O) groups is 1. The summed E-state index contributed by atoms with van der Waals surface area (Å²) in [5.41, 5.74) is 1.60. The van der Waals surface area contributed by atoms with Crippen molar-refractivity contribution in [1.82, 2.24) is 0 Å². The van der Waals surface area contributed by atoms with E-state index >= 15 is 0 Å². The van der Waals surface area contributed by atoms with Crippen molar-refractivity contribution in [3.8, 4) is 6.07 Å². The highest BCUT2D eigenvalue weighted by Gasteiger charge is 2.22. The van der Waals surface area contributed by atoms with Crippen molar-refractivity contribution >= 4 is 27.6 Å². The van der Waals surface area contributed by atoms with E-state index in [9.17, 15) is 4.79 Å². The summed E-state index contributed by atoms with van der Waals surface area (Å²) >= 11 is 3.42. The zero-order valence-corrected chi connectivity index (χ0v) is 12.1. The molecule has 0 unspecified atom stereocenters. The highest BCUT2D eigenvalue weighted by atomic mass is 79.9. The predicted octanol–water partition coefficient (Wildman–Crippen LogP) is 3.01. The van der Waals surface area contributed by atoms with E-state index in [4.69, 9.17) is 10.4 Å². The Balaban J connectivity index is 2.07. The Kier molecular flexibility index (Phi) is 4.43. The van der Waals surface area contributed by atoms with Gasteiger partial charge in [0.25, 0.3) is 0 Å². The molecule has 1 heterocycles. The van der Waals surface area contributed by atoms with Gasteiger partial charge >= 0.3 is 5.97 Å². The summed E-state index contributed by atoms with van der Waals surface area (Å²) in [4.78, 5) is 12.9. The molecule has 19 heavy (non-hydrogen) atoms. The Labute approximate surface area is 120 Å². The van der Waals surface area contributed by atoms with Gasteiger partial charge in [-0.05, 0) is 37.0 Å². The fourth-order valence-electron chi connectivity index (χ4n) is 2.49. The van der Waals surface area contributed by atoms with E-state index in [1.165, 1.54) is 0 Å². The Bertz CT molecular complexity index is 517. The molecule has 1 N–H and O–H groups in total. The number of benzene rings is 1. The van der Waals surface area contributed by atoms with Crippen LogP contribution in [0.3, 0.4) is 0 Å². The first-order valence-corrected chi connectivity index (χ1v) is 7.06. The first-order valence-electron chi connectivity index (χ1n) is 6.26. The summed E-state index contributed by atoms with van der Waals surface area (Å²) in [6.45, 7) is 1.62. The molecule has 0 saturated carbocycles. The molecule has 0 spiro atoms. The third-order valence-corrected chi connectivity index (χ3v) is 3.99. The molecule has 1 fully saturated rings. The van der Waals surface area contributed by atoms with Gasteiger partial charge in [0, 0.05) is 24.0 Å². The van der Waals surface area contributed by atoms with Crippen LogP contribution in [0.25, 0.3) is 0 Å². The number of anilines is 1. The lowest BCUT2D eigenvalue weighted by Crippen LogP contribution is -2.34. The van der Waals surface area contributed by atoms with Gasteiger partial charge in [-0.3, -0.25) is 4.79 Å². The van der Waals surface area contributed by atoms with E-state index in [0.717, 1.165) is 36.1 Å². The molecular formula is C14H15BrN2O2. The fourth-order valence-corrected chi connectivity index (χ4v) is 2.83. The summed E-state index contributed by atoms with van der Waals surface area (Å²) in [7, 11) is 0. The number of nitriles is 1. The van der Waals surface area contributed by atoms with Crippen LogP contribution in [0.4, 0.5) is 5.69 Å². The minimum Gasteiger partial charge on any atom is -0.481 e. The van der Waals surface area contributed by atoms with Gasteiger partial charge in [0.2, 0.25) is 0 Å². The summed E-state index contributed by atoms with van der Waals surface area (Å²) in [5, 5.41) is 17.9. The van der Waals surface area contributed by atoms with Crippen LogP contribution in [0.5, 0.6) is 0 Å². The molecule has 4 nitrogen and oxygen atoms in total. The largest absolute Gasteiger partial charge is 0.481 e. The summed E-state index contributed by atoms with van der Waals surface area (Å²) < 4.78 is 0.953. The van der Waals surface area contributed by atoms with Crippen LogP contribution in [0.15, 0.2) is 22.7 Å². The van der Waals surface area contributed by atoms with E-state index in [1.807, 2.05) is 18.2 Å². The molecule has 100 valence electrons. The van der Waals surface area contributed by atoms with Crippen LogP contribution >= 0.6 is 15.9 Å². The number of rotatable bonds is 3. The Morgan fingerprint density at radius 2 is 2.16 bits per heavy atom. The van der Waals surface area contributed by atoms with Gasteiger partial charge in [0.1, 0.15) is 6.07 Å². The molecule has 5 heteroatoms. The summed E-state index contributed by atoms with van der Waals surface area (Å²) in [6, 6.07) is 7.83. The van der Waals surface area contributed by atoms with Crippen LogP contribution < -0.4 is 4.90 Å². The van der Waals surface area contributed by atoms with Gasteiger partial charge in [-0.1, -0.05) is 15.9 Å². The maximum absolute atomic E-state index is 10.7. The number of carboxylic acid groups (broad SMARTS) is 1. The number of carboxylic acids is 1. The van der Waals surface area contributed by atoms with Gasteiger partial charge in [0.05, 0.1) is 11.3 Å². The Morgan fingerprint density at radius 1 is 1.47 bits per heavy atom. The third-order valence-electron chi connectivity index (χ3n) is 3.50. The molecule has 1 aliphatic heterocycles. The highest BCUT2D eigenvalue weighted by molar-refractivity contribution is 9.10. The van der Waals surface area contributed by atoms with E-state index in [-0.39, 0.29) is 12.3 Å². The number of piperidine rings is 1. The Hall–Kier alpha value is -1.54. The van der Waals surface area contributed by atoms with Crippen molar-refractivity contribution < 1.29 is 9.90 Å². The van der Waals surface area contributed by atoms with Gasteiger partial charge in [-0.15, -0.1) is 0 Å². The van der Waals surface area contributed by atoms with Crippen LogP contribution in [-0.4, -0.2) is 24.2 Å². The number of halogens is 1. The lowest BCUT2D eigenvalue weighted by atomic mass is 9.93. The number of hydrogen-bond acceptors (Lipinski definition) is 3. The van der Waals surface area contributed by atoms with Crippen molar-refractivity contribution in [2.75, 3.05) is 18.0 Å². The molecule has 0 atom stereocenters. The second-order valence-corrected chi connectivity index (χ2v) is 5.72. The zero-order valence-electron chi connectivity index (χ0n) is 10.5. The SMILES string of the molecule is N#Cc1ccc(Br)cc1N1CCC(CC(=O)O)CC1. The van der Waals surface area contributed by atoms with Crippen molar-refractivity contribution in [3.05, 3.63) is 28.2 Å². The second kappa shape index (κ2) is 6.07. The molecule has 1 aromatic rings. The molecule has 2 rings (SSSR count). The first kappa shape index (κ1) is 13.9. The normalized spacial score (nSPS) is 16.1. The van der Waals surface area contributed by atoms with Gasteiger partial charge < -0.3 is 10.0 Å². The van der Waals surface area contributed by atoms with E-state index < -0.39 is 5.97 Å². The molecule has 0 bridgehead atoms. The molecule has 1 aromatic carbocycles. The zero-order chi connectivity index (χ0) is 13.8. The quantitative estimate of drug-likeness (QED) is 0.929. The molecule has 1 saturated heterocycles. The minimum absolute atomic E-state index is 0.247. The standard InChI is InChI=1S/C14H15BrN2O2/c15-12-2-1-11(9-16)13(8-12)17-5-3-10(4-6-17)7-14(18)19/h1-2,8,10H,3-7H2,(H,18,19). The average molecular weight is 323 g/mol. The first-order chi connectivity index (χ1) is 9.10. The topological polar surface area (TPSA) is 64.3 Å². The van der Waals surface area contributed by atoms with Crippen LogP contribution in [-0.2, 0) is 4.79 Å². The lowest BCUT2D eigenvalue weighted by Gasteiger charge is -2.33. The van der Waals surface area contributed by atoms with Gasteiger partial charge in [-0.2, -0.15) is 5.26 Å². The number of nitrogens with zero attached hydrogens (tertiary/aromatic N) is 2. The molecule has 1 aliphatic rings. The van der Waals surface area contributed by atoms with E-state index in [2.05, 4.69) is 26.9 Å². The van der Waals surface area contributed by atoms with Crippen molar-refractivity contribution in [1.29, 1.82) is 5.26 Å².